The molecule has 0 saturated carbocycles. The summed E-state index contributed by atoms with van der Waals surface area (Å²) >= 11 is 0. The van der Waals surface area contributed by atoms with Crippen LogP contribution in [0, 0.1) is 0 Å². The van der Waals surface area contributed by atoms with E-state index in [1.807, 2.05) is 30.4 Å². The molecule has 11 nitrogen and oxygen atoms in total. The van der Waals surface area contributed by atoms with E-state index in [9.17, 15) is 35.1 Å². The maximum absolute atomic E-state index is 13.4. The average molecular weight is 1110 g/mol. The van der Waals surface area contributed by atoms with Gasteiger partial charge in [-0.15, -0.1) is 0 Å². The number of aliphatic hydroxyl groups excluding tert-OH is 5. The summed E-state index contributed by atoms with van der Waals surface area (Å²) in [5.74, 6) is -1.21. The summed E-state index contributed by atoms with van der Waals surface area (Å²) in [5, 5.41) is 56.9. The van der Waals surface area contributed by atoms with Gasteiger partial charge in [0.1, 0.15) is 24.4 Å². The Balaban J connectivity index is 2.52. The Morgan fingerprint density at radius 1 is 0.506 bits per heavy atom. The molecule has 1 aliphatic rings. The third-order valence-electron chi connectivity index (χ3n) is 15.5. The van der Waals surface area contributed by atoms with Crippen molar-refractivity contribution in [2.45, 2.75) is 346 Å². The Hall–Kier alpha value is -2.64. The van der Waals surface area contributed by atoms with E-state index in [1.165, 1.54) is 180 Å². The fourth-order valence-corrected chi connectivity index (χ4v) is 10.2. The van der Waals surface area contributed by atoms with E-state index in [0.29, 0.717) is 12.8 Å². The number of amides is 1. The van der Waals surface area contributed by atoms with Gasteiger partial charge in [0.05, 0.1) is 25.4 Å². The van der Waals surface area contributed by atoms with Gasteiger partial charge in [0.2, 0.25) is 5.91 Å². The molecule has 0 aromatic rings. The zero-order valence-corrected chi connectivity index (χ0v) is 51.0. The SMILES string of the molecule is CC/C=C/C=C/C=C\CCCCCCC(O)C(=O)NC(COC1OC(CO)C(O)C(O)C1OC(=O)CCCCCCCCCCCCCCCCCCC/C=C/CCCCCCCC)C(O)/C=C/CCCCCCCCCCC. The van der Waals surface area contributed by atoms with E-state index in [0.717, 1.165) is 70.6 Å². The summed E-state index contributed by atoms with van der Waals surface area (Å²) in [4.78, 5) is 26.5. The lowest BCUT2D eigenvalue weighted by molar-refractivity contribution is -0.305. The number of allylic oxidation sites excluding steroid dienone is 9. The zero-order valence-electron chi connectivity index (χ0n) is 51.0. The number of aliphatic hydroxyl groups is 5. The van der Waals surface area contributed by atoms with Gasteiger partial charge in [-0.25, -0.2) is 0 Å². The first-order valence-corrected chi connectivity index (χ1v) is 33.1. The van der Waals surface area contributed by atoms with Crippen LogP contribution in [0.5, 0.6) is 0 Å². The van der Waals surface area contributed by atoms with Gasteiger partial charge in [0.15, 0.2) is 12.4 Å². The van der Waals surface area contributed by atoms with Crippen molar-refractivity contribution in [2.24, 2.45) is 0 Å². The number of nitrogens with one attached hydrogen (secondary N) is 1. The lowest BCUT2D eigenvalue weighted by Crippen LogP contribution is -2.61. The lowest BCUT2D eigenvalue weighted by Gasteiger charge is -2.41. The molecular formula is C68H123NO10. The molecule has 1 saturated heterocycles. The van der Waals surface area contributed by atoms with E-state index in [4.69, 9.17) is 14.2 Å². The molecule has 460 valence electrons. The van der Waals surface area contributed by atoms with E-state index < -0.39 is 67.4 Å². The van der Waals surface area contributed by atoms with Crippen LogP contribution < -0.4 is 5.32 Å². The second-order valence-corrected chi connectivity index (χ2v) is 22.9. The van der Waals surface area contributed by atoms with E-state index in [-0.39, 0.29) is 19.4 Å². The van der Waals surface area contributed by atoms with E-state index >= 15 is 0 Å². The number of rotatable bonds is 56. The summed E-state index contributed by atoms with van der Waals surface area (Å²) in [6.07, 6.45) is 60.0. The van der Waals surface area contributed by atoms with Crippen molar-refractivity contribution in [2.75, 3.05) is 13.2 Å². The van der Waals surface area contributed by atoms with Gasteiger partial charge in [-0.2, -0.15) is 0 Å². The maximum atomic E-state index is 13.4. The van der Waals surface area contributed by atoms with Gasteiger partial charge in [0, 0.05) is 6.42 Å². The van der Waals surface area contributed by atoms with Gasteiger partial charge in [-0.1, -0.05) is 281 Å². The highest BCUT2D eigenvalue weighted by atomic mass is 16.7. The molecule has 0 aromatic carbocycles. The second-order valence-electron chi connectivity index (χ2n) is 22.9. The molecule has 6 N–H and O–H groups in total. The third kappa shape index (κ3) is 43.7. The van der Waals surface area contributed by atoms with Crippen molar-refractivity contribution >= 4 is 11.9 Å². The monoisotopic (exact) mass is 1110 g/mol. The molecule has 0 aromatic heterocycles. The maximum Gasteiger partial charge on any atom is 0.306 e. The minimum absolute atomic E-state index is 0.122. The molecule has 1 aliphatic heterocycles. The quantitative estimate of drug-likeness (QED) is 0.0149. The number of esters is 1. The van der Waals surface area contributed by atoms with Crippen molar-refractivity contribution in [3.8, 4) is 0 Å². The van der Waals surface area contributed by atoms with Crippen molar-refractivity contribution in [3.63, 3.8) is 0 Å². The average Bonchev–Trinajstić information content (AvgIpc) is 3.44. The van der Waals surface area contributed by atoms with Crippen LogP contribution in [0.25, 0.3) is 0 Å². The van der Waals surface area contributed by atoms with E-state index in [2.05, 4.69) is 50.4 Å². The summed E-state index contributed by atoms with van der Waals surface area (Å²) in [7, 11) is 0. The second kappa shape index (κ2) is 55.9. The molecule has 11 heteroatoms. The molecule has 8 unspecified atom stereocenters. The predicted octanol–water partition coefficient (Wildman–Crippen LogP) is 16.2. The van der Waals surface area contributed by atoms with Gasteiger partial charge >= 0.3 is 5.97 Å². The highest BCUT2D eigenvalue weighted by molar-refractivity contribution is 5.80. The van der Waals surface area contributed by atoms with Crippen molar-refractivity contribution in [1.29, 1.82) is 0 Å². The highest BCUT2D eigenvalue weighted by Gasteiger charge is 2.47. The molecule has 1 heterocycles. The standard InChI is InChI=1S/C68H123NO10/c1-4-7-10-13-16-19-22-24-25-26-27-28-29-30-31-32-33-34-35-36-37-38-41-44-47-50-53-56-63(73)79-66-65(75)64(74)62(57-70)78-68(66)77-58-59(60(71)54-51-48-45-42-39-21-18-15-12-9-6-3)69-67(76)61(72)55-52-49-46-43-40-23-20-17-14-11-8-5-2/h8,11,14,17,20,23-25,51,54,59-62,64-66,68,70-72,74-75H,4-7,9-10,12-13,15-16,18-19,21-22,26-50,52-53,55-58H2,1-3H3,(H,69,76)/b11-8+,17-14+,23-20-,25-24+,54-51+. The smallest absolute Gasteiger partial charge is 0.306 e. The molecule has 1 rings (SSSR count). The van der Waals surface area contributed by atoms with Crippen LogP contribution in [0.2, 0.25) is 0 Å². The summed E-state index contributed by atoms with van der Waals surface area (Å²) in [5.41, 5.74) is 0. The van der Waals surface area contributed by atoms with Crippen LogP contribution in [-0.2, 0) is 23.8 Å². The fourth-order valence-electron chi connectivity index (χ4n) is 10.2. The number of carbonyl (C=O) groups is 2. The number of hydrogen-bond donors (Lipinski definition) is 6. The van der Waals surface area contributed by atoms with E-state index in [1.54, 1.807) is 6.08 Å². The minimum Gasteiger partial charge on any atom is -0.454 e. The first kappa shape index (κ1) is 74.4. The van der Waals surface area contributed by atoms with Gasteiger partial charge in [-0.3, -0.25) is 9.59 Å². The predicted molar refractivity (Wildman–Crippen MR) is 329 cm³/mol. The van der Waals surface area contributed by atoms with Crippen LogP contribution in [0.3, 0.4) is 0 Å². The summed E-state index contributed by atoms with van der Waals surface area (Å²) in [6, 6.07) is -1.03. The first-order valence-electron chi connectivity index (χ1n) is 33.1. The van der Waals surface area contributed by atoms with Crippen molar-refractivity contribution < 1.29 is 49.3 Å². The number of hydrogen-bond acceptors (Lipinski definition) is 10. The highest BCUT2D eigenvalue weighted by Crippen LogP contribution is 2.26. The minimum atomic E-state index is -1.62. The topological polar surface area (TPSA) is 175 Å². The number of carbonyl (C=O) groups excluding carboxylic acids is 2. The Morgan fingerprint density at radius 2 is 0.924 bits per heavy atom. The zero-order chi connectivity index (χ0) is 57.5. The van der Waals surface area contributed by atoms with Gasteiger partial charge in [0.25, 0.3) is 0 Å². The van der Waals surface area contributed by atoms with Crippen LogP contribution >= 0.6 is 0 Å². The van der Waals surface area contributed by atoms with Gasteiger partial charge < -0.3 is 45.1 Å². The molecule has 8 atom stereocenters. The van der Waals surface area contributed by atoms with Gasteiger partial charge in [-0.05, 0) is 70.6 Å². The molecule has 1 amide bonds. The molecule has 1 fully saturated rings. The third-order valence-corrected chi connectivity index (χ3v) is 15.5. The molecular weight excluding hydrogens is 991 g/mol. The molecule has 0 radical (unpaired) electrons. The number of unbranched alkanes of at least 4 members (excludes halogenated alkanes) is 36. The lowest BCUT2D eigenvalue weighted by atomic mass is 9.99. The summed E-state index contributed by atoms with van der Waals surface area (Å²) < 4.78 is 17.6. The van der Waals surface area contributed by atoms with Crippen LogP contribution in [-0.4, -0.2) is 99.6 Å². The fraction of sp³-hybridized carbons (Fsp3) is 0.824. The molecule has 79 heavy (non-hydrogen) atoms. The Kier molecular flexibility index (Phi) is 52.6. The van der Waals surface area contributed by atoms with Crippen LogP contribution in [0.15, 0.2) is 60.8 Å². The molecule has 0 aliphatic carbocycles. The Labute approximate surface area is 484 Å². The van der Waals surface area contributed by atoms with Crippen molar-refractivity contribution in [3.05, 3.63) is 60.8 Å². The largest absolute Gasteiger partial charge is 0.454 e. The molecule has 0 spiro atoms. The Morgan fingerprint density at radius 3 is 1.39 bits per heavy atom. The Bertz CT molecular complexity index is 1510. The van der Waals surface area contributed by atoms with Crippen LogP contribution in [0.1, 0.15) is 297 Å². The van der Waals surface area contributed by atoms with Crippen LogP contribution in [0.4, 0.5) is 0 Å². The molecule has 0 bridgehead atoms. The normalized spacial score (nSPS) is 19.2. The first-order chi connectivity index (χ1) is 38.7. The summed E-state index contributed by atoms with van der Waals surface area (Å²) in [6.45, 7) is 5.64. The number of ether oxygens (including phenoxy) is 3. The van der Waals surface area contributed by atoms with Crippen molar-refractivity contribution in [1.82, 2.24) is 5.32 Å².